The first-order valence-corrected chi connectivity index (χ1v) is 6.43. The van der Waals surface area contributed by atoms with Gasteiger partial charge in [-0.15, -0.1) is 0 Å². The molecule has 1 atom stereocenters. The predicted octanol–water partition coefficient (Wildman–Crippen LogP) is 2.07. The van der Waals surface area contributed by atoms with Crippen molar-refractivity contribution in [2.45, 2.75) is 12.5 Å². The first-order valence-electron chi connectivity index (χ1n) is 5.63. The smallest absolute Gasteiger partial charge is 0.330 e. The Kier molecular flexibility index (Phi) is 5.78. The van der Waals surface area contributed by atoms with Gasteiger partial charge in [-0.2, -0.15) is 0 Å². The second-order valence-corrected chi connectivity index (χ2v) is 4.87. The fourth-order valence-electron chi connectivity index (χ4n) is 1.75. The molecule has 0 fully saturated rings. The van der Waals surface area contributed by atoms with Crippen LogP contribution in [0.4, 0.5) is 0 Å². The highest BCUT2D eigenvalue weighted by Gasteiger charge is 2.37. The zero-order valence-electron chi connectivity index (χ0n) is 10.8. The molecular formula is C13H18BrNO3. The molecule has 0 saturated heterocycles. The highest BCUT2D eigenvalue weighted by molar-refractivity contribution is 9.10. The Balaban J connectivity index is 3.04. The Morgan fingerprint density at radius 3 is 2.61 bits per heavy atom. The third-order valence-corrected chi connectivity index (χ3v) is 3.48. The van der Waals surface area contributed by atoms with Crippen molar-refractivity contribution in [2.24, 2.45) is 0 Å². The van der Waals surface area contributed by atoms with Crippen molar-refractivity contribution >= 4 is 21.9 Å². The van der Waals surface area contributed by atoms with Crippen molar-refractivity contribution in [3.8, 4) is 0 Å². The fourth-order valence-corrected chi connectivity index (χ4v) is 2.43. The van der Waals surface area contributed by atoms with Gasteiger partial charge >= 0.3 is 5.97 Å². The Morgan fingerprint density at radius 1 is 1.39 bits per heavy atom. The van der Waals surface area contributed by atoms with Crippen LogP contribution in [0.15, 0.2) is 28.7 Å². The van der Waals surface area contributed by atoms with E-state index in [4.69, 9.17) is 9.47 Å². The second-order valence-electron chi connectivity index (χ2n) is 4.02. The minimum absolute atomic E-state index is 0.328. The van der Waals surface area contributed by atoms with E-state index < -0.39 is 5.54 Å². The average Bonchev–Trinajstić information content (AvgIpc) is 2.38. The summed E-state index contributed by atoms with van der Waals surface area (Å²) in [6, 6.07) is 7.58. The van der Waals surface area contributed by atoms with Crippen molar-refractivity contribution in [3.05, 3.63) is 34.3 Å². The number of carbonyl (C=O) groups is 1. The molecule has 100 valence electrons. The summed E-state index contributed by atoms with van der Waals surface area (Å²) >= 11 is 3.46. The predicted molar refractivity (Wildman–Crippen MR) is 73.4 cm³/mol. The molecule has 1 aromatic rings. The summed E-state index contributed by atoms with van der Waals surface area (Å²) in [5, 5.41) is 3.18. The van der Waals surface area contributed by atoms with Gasteiger partial charge < -0.3 is 9.47 Å². The molecule has 0 saturated carbocycles. The normalized spacial score (nSPS) is 14.0. The van der Waals surface area contributed by atoms with Crippen LogP contribution in [0.5, 0.6) is 0 Å². The van der Waals surface area contributed by atoms with E-state index >= 15 is 0 Å². The maximum atomic E-state index is 12.0. The molecule has 0 aliphatic rings. The van der Waals surface area contributed by atoms with Crippen LogP contribution in [0.25, 0.3) is 0 Å². The van der Waals surface area contributed by atoms with Gasteiger partial charge in [0.2, 0.25) is 0 Å². The number of benzene rings is 1. The molecule has 18 heavy (non-hydrogen) atoms. The summed E-state index contributed by atoms with van der Waals surface area (Å²) < 4.78 is 10.7. The van der Waals surface area contributed by atoms with Gasteiger partial charge in [-0.25, -0.2) is 4.79 Å². The first kappa shape index (κ1) is 15.1. The average molecular weight is 316 g/mol. The minimum Gasteiger partial charge on any atom is -0.467 e. The van der Waals surface area contributed by atoms with E-state index in [1.807, 2.05) is 24.3 Å². The number of methoxy groups -OCH3 is 2. The van der Waals surface area contributed by atoms with Gasteiger partial charge in [0.05, 0.1) is 13.7 Å². The second kappa shape index (κ2) is 6.87. The minimum atomic E-state index is -0.895. The summed E-state index contributed by atoms with van der Waals surface area (Å²) in [6.45, 7) is 2.88. The van der Waals surface area contributed by atoms with Gasteiger partial charge in [-0.1, -0.05) is 34.1 Å². The maximum absolute atomic E-state index is 12.0. The van der Waals surface area contributed by atoms with E-state index in [0.717, 1.165) is 10.0 Å². The molecule has 0 aliphatic carbocycles. The third kappa shape index (κ3) is 3.31. The molecule has 0 bridgehead atoms. The molecule has 1 N–H and O–H groups in total. The molecule has 0 spiro atoms. The van der Waals surface area contributed by atoms with Gasteiger partial charge in [0.15, 0.2) is 0 Å². The van der Waals surface area contributed by atoms with Gasteiger partial charge in [0.1, 0.15) is 5.54 Å². The Bertz CT molecular complexity index is 411. The van der Waals surface area contributed by atoms with E-state index in [2.05, 4.69) is 21.2 Å². The van der Waals surface area contributed by atoms with Crippen LogP contribution in [-0.4, -0.2) is 33.3 Å². The Morgan fingerprint density at radius 2 is 2.06 bits per heavy atom. The molecule has 0 aromatic heterocycles. The number of hydrogen-bond donors (Lipinski definition) is 1. The molecule has 1 rings (SSSR count). The van der Waals surface area contributed by atoms with Crippen molar-refractivity contribution in [1.82, 2.24) is 5.32 Å². The summed E-state index contributed by atoms with van der Waals surface area (Å²) in [6.07, 6.45) is 0. The highest BCUT2D eigenvalue weighted by atomic mass is 79.9. The van der Waals surface area contributed by atoms with Gasteiger partial charge in [0.25, 0.3) is 0 Å². The van der Waals surface area contributed by atoms with E-state index in [1.165, 1.54) is 7.11 Å². The van der Waals surface area contributed by atoms with Crippen LogP contribution >= 0.6 is 15.9 Å². The SMILES string of the molecule is COCCNC(C)(C(=O)OC)c1ccccc1Br. The van der Waals surface area contributed by atoms with E-state index in [0.29, 0.717) is 13.2 Å². The standard InChI is InChI=1S/C13H18BrNO3/c1-13(12(16)18-3,15-8-9-17-2)10-6-4-5-7-11(10)14/h4-7,15H,8-9H2,1-3H3. The molecule has 4 nitrogen and oxygen atoms in total. The lowest BCUT2D eigenvalue weighted by Crippen LogP contribution is -2.48. The zero-order valence-corrected chi connectivity index (χ0v) is 12.4. The van der Waals surface area contributed by atoms with Crippen molar-refractivity contribution < 1.29 is 14.3 Å². The van der Waals surface area contributed by atoms with Crippen LogP contribution in [0.1, 0.15) is 12.5 Å². The van der Waals surface area contributed by atoms with Crippen molar-refractivity contribution in [3.63, 3.8) is 0 Å². The maximum Gasteiger partial charge on any atom is 0.330 e. The van der Waals surface area contributed by atoms with E-state index in [1.54, 1.807) is 14.0 Å². The van der Waals surface area contributed by atoms with Crippen molar-refractivity contribution in [1.29, 1.82) is 0 Å². The topological polar surface area (TPSA) is 47.6 Å². The highest BCUT2D eigenvalue weighted by Crippen LogP contribution is 2.29. The fraction of sp³-hybridized carbons (Fsp3) is 0.462. The molecule has 0 amide bonds. The van der Waals surface area contributed by atoms with Crippen LogP contribution < -0.4 is 5.32 Å². The number of ether oxygens (including phenoxy) is 2. The molecule has 0 aliphatic heterocycles. The van der Waals surface area contributed by atoms with Gasteiger partial charge in [0, 0.05) is 18.1 Å². The lowest BCUT2D eigenvalue weighted by atomic mass is 9.92. The van der Waals surface area contributed by atoms with Crippen LogP contribution in [0, 0.1) is 0 Å². The van der Waals surface area contributed by atoms with Gasteiger partial charge in [-0.3, -0.25) is 5.32 Å². The molecule has 1 aromatic carbocycles. The molecule has 0 radical (unpaired) electrons. The summed E-state index contributed by atoms with van der Waals surface area (Å²) in [4.78, 5) is 12.0. The molecular weight excluding hydrogens is 298 g/mol. The third-order valence-electron chi connectivity index (χ3n) is 2.79. The number of carbonyl (C=O) groups excluding carboxylic acids is 1. The lowest BCUT2D eigenvalue weighted by molar-refractivity contribution is -0.148. The quantitative estimate of drug-likeness (QED) is 0.645. The summed E-state index contributed by atoms with van der Waals surface area (Å²) in [7, 11) is 3.00. The number of nitrogens with one attached hydrogen (secondary N) is 1. The van der Waals surface area contributed by atoms with Gasteiger partial charge in [-0.05, 0) is 18.6 Å². The van der Waals surface area contributed by atoms with Crippen molar-refractivity contribution in [2.75, 3.05) is 27.4 Å². The lowest BCUT2D eigenvalue weighted by Gasteiger charge is -2.29. The summed E-state index contributed by atoms with van der Waals surface area (Å²) in [5.74, 6) is -0.328. The molecule has 5 heteroatoms. The number of rotatable bonds is 6. The largest absolute Gasteiger partial charge is 0.467 e. The Labute approximate surface area is 116 Å². The zero-order chi connectivity index (χ0) is 13.6. The van der Waals surface area contributed by atoms with Crippen LogP contribution in [0.2, 0.25) is 0 Å². The monoisotopic (exact) mass is 315 g/mol. The molecule has 1 unspecified atom stereocenters. The number of halogens is 1. The first-order chi connectivity index (χ1) is 8.56. The Hall–Kier alpha value is -0.910. The van der Waals surface area contributed by atoms with E-state index in [-0.39, 0.29) is 5.97 Å². The molecule has 0 heterocycles. The number of esters is 1. The number of hydrogen-bond acceptors (Lipinski definition) is 4. The van der Waals surface area contributed by atoms with Crippen LogP contribution in [-0.2, 0) is 19.8 Å². The summed E-state index contributed by atoms with van der Waals surface area (Å²) in [5.41, 5.74) is -0.0548. The van der Waals surface area contributed by atoms with E-state index in [9.17, 15) is 4.79 Å². The van der Waals surface area contributed by atoms with Crippen LogP contribution in [0.3, 0.4) is 0 Å².